The Morgan fingerprint density at radius 3 is 2.48 bits per heavy atom. The third kappa shape index (κ3) is 4.56. The second kappa shape index (κ2) is 9.07. The van der Waals surface area contributed by atoms with E-state index in [1.165, 1.54) is 31.3 Å². The molecule has 0 radical (unpaired) electrons. The van der Waals surface area contributed by atoms with E-state index in [9.17, 15) is 19.0 Å². The molecule has 0 aromatic carbocycles. The van der Waals surface area contributed by atoms with Crippen LogP contribution in [0, 0.1) is 29.1 Å². The monoisotopic (exact) mass is 435 g/mol. The summed E-state index contributed by atoms with van der Waals surface area (Å²) in [4.78, 5) is 2.22. The number of aliphatic hydroxyl groups is 2. The molecule has 1 saturated heterocycles. The molecule has 5 heteroatoms. The molecule has 1 aliphatic heterocycles. The first kappa shape index (κ1) is 23.1. The maximum atomic E-state index is 12.8. The van der Waals surface area contributed by atoms with E-state index in [1.807, 2.05) is 0 Å². The minimum absolute atomic E-state index is 0.287. The Bertz CT molecular complexity index is 726. The predicted molar refractivity (Wildman–Crippen MR) is 120 cm³/mol. The lowest BCUT2D eigenvalue weighted by molar-refractivity contribution is -0.0381. The zero-order valence-electron chi connectivity index (χ0n) is 19.1. The molecule has 4 fully saturated rings. The van der Waals surface area contributed by atoms with E-state index in [4.69, 9.17) is 0 Å². The summed E-state index contributed by atoms with van der Waals surface area (Å²) in [6.45, 7) is 10.6. The van der Waals surface area contributed by atoms with Crippen molar-refractivity contribution in [2.24, 2.45) is 29.1 Å². The van der Waals surface area contributed by atoms with Crippen LogP contribution in [-0.4, -0.2) is 53.4 Å². The van der Waals surface area contributed by atoms with Crippen molar-refractivity contribution in [1.82, 2.24) is 4.90 Å². The molecule has 4 aliphatic rings. The van der Waals surface area contributed by atoms with E-state index in [0.717, 1.165) is 18.5 Å². The summed E-state index contributed by atoms with van der Waals surface area (Å²) in [5.74, 6) is 1.33. The zero-order valence-corrected chi connectivity index (χ0v) is 19.1. The molecule has 3 aliphatic carbocycles. The van der Waals surface area contributed by atoms with Crippen molar-refractivity contribution in [3.8, 4) is 0 Å². The SMILES string of the molecule is C=C1[C@H](O)CC(=C/C=C2\CCC[C@]3(C)[C@@H]([C@@H](C)CN4CC(C(F)F)C4)CC[C@@H]23)C[C@H]1O. The average Bonchev–Trinajstić information content (AvgIpc) is 3.03. The van der Waals surface area contributed by atoms with Crippen LogP contribution in [0.1, 0.15) is 58.8 Å². The number of rotatable bonds is 5. The van der Waals surface area contributed by atoms with Crippen LogP contribution in [0.2, 0.25) is 0 Å². The fraction of sp³-hybridized carbons (Fsp3) is 0.769. The summed E-state index contributed by atoms with van der Waals surface area (Å²) in [6, 6.07) is 0. The standard InChI is InChI=1S/C26H39F2NO2/c1-16(13-29-14-20(15-29)25(27)28)21-8-9-22-19(5-4-10-26(21,22)3)7-6-18-11-23(30)17(2)24(31)12-18/h6-7,16,20-25,30-31H,2,4-5,8-15H2,1,3H3/b19-7+/t16-,21+,22-,23+,24+,26+/m0/s1. The van der Waals surface area contributed by atoms with Crippen LogP contribution in [0.15, 0.2) is 35.5 Å². The smallest absolute Gasteiger partial charge is 0.243 e. The van der Waals surface area contributed by atoms with Crippen LogP contribution in [0.3, 0.4) is 0 Å². The van der Waals surface area contributed by atoms with E-state index in [2.05, 4.69) is 37.5 Å². The van der Waals surface area contributed by atoms with Gasteiger partial charge in [-0.3, -0.25) is 0 Å². The molecule has 0 aromatic rings. The third-order valence-corrected chi connectivity index (χ3v) is 8.91. The van der Waals surface area contributed by atoms with E-state index in [1.54, 1.807) is 0 Å². The second-order valence-corrected chi connectivity index (χ2v) is 11.0. The van der Waals surface area contributed by atoms with Gasteiger partial charge in [-0.25, -0.2) is 8.78 Å². The predicted octanol–water partition coefficient (Wildman–Crippen LogP) is 4.96. The lowest BCUT2D eigenvalue weighted by Crippen LogP contribution is -2.52. The molecule has 3 nitrogen and oxygen atoms in total. The van der Waals surface area contributed by atoms with Crippen molar-refractivity contribution >= 4 is 0 Å². The number of likely N-dealkylation sites (tertiary alicyclic amines) is 1. The number of allylic oxidation sites excluding steroid dienone is 3. The first-order valence-electron chi connectivity index (χ1n) is 12.1. The number of hydrogen-bond acceptors (Lipinski definition) is 3. The Morgan fingerprint density at radius 1 is 1.16 bits per heavy atom. The van der Waals surface area contributed by atoms with Gasteiger partial charge in [-0.05, 0) is 73.7 Å². The van der Waals surface area contributed by atoms with Crippen molar-refractivity contribution in [2.45, 2.75) is 77.4 Å². The van der Waals surface area contributed by atoms with E-state index >= 15 is 0 Å². The average molecular weight is 436 g/mol. The molecule has 31 heavy (non-hydrogen) atoms. The topological polar surface area (TPSA) is 43.7 Å². The van der Waals surface area contributed by atoms with Crippen LogP contribution >= 0.6 is 0 Å². The lowest BCUT2D eigenvalue weighted by atomic mass is 9.61. The molecule has 1 heterocycles. The Balaban J connectivity index is 1.41. The fourth-order valence-electron chi connectivity index (χ4n) is 7.09. The summed E-state index contributed by atoms with van der Waals surface area (Å²) in [5.41, 5.74) is 3.44. The number of alkyl halides is 2. The van der Waals surface area contributed by atoms with E-state index < -0.39 is 24.6 Å². The van der Waals surface area contributed by atoms with Gasteiger partial charge < -0.3 is 15.1 Å². The highest BCUT2D eigenvalue weighted by molar-refractivity contribution is 5.29. The molecule has 0 aromatic heterocycles. The Kier molecular flexibility index (Phi) is 6.77. The lowest BCUT2D eigenvalue weighted by Gasteiger charge is -2.47. The highest BCUT2D eigenvalue weighted by Crippen LogP contribution is 2.59. The van der Waals surface area contributed by atoms with Crippen molar-refractivity contribution in [3.63, 3.8) is 0 Å². The summed E-state index contributed by atoms with van der Waals surface area (Å²) in [6.07, 6.45) is 8.09. The first-order chi connectivity index (χ1) is 14.7. The van der Waals surface area contributed by atoms with Crippen molar-refractivity contribution in [1.29, 1.82) is 0 Å². The quantitative estimate of drug-likeness (QED) is 0.600. The maximum Gasteiger partial charge on any atom is 0.243 e. The summed E-state index contributed by atoms with van der Waals surface area (Å²) >= 11 is 0. The molecule has 6 atom stereocenters. The van der Waals surface area contributed by atoms with Crippen LogP contribution in [0.25, 0.3) is 0 Å². The number of aliphatic hydroxyl groups excluding tert-OH is 2. The highest BCUT2D eigenvalue weighted by Gasteiger charge is 2.51. The van der Waals surface area contributed by atoms with Crippen LogP contribution < -0.4 is 0 Å². The molecule has 0 unspecified atom stereocenters. The first-order valence-corrected chi connectivity index (χ1v) is 12.1. The van der Waals surface area contributed by atoms with Gasteiger partial charge in [-0.2, -0.15) is 0 Å². The largest absolute Gasteiger partial charge is 0.388 e. The number of halogens is 2. The molecule has 3 saturated carbocycles. The van der Waals surface area contributed by atoms with E-state index in [-0.39, 0.29) is 5.41 Å². The van der Waals surface area contributed by atoms with Gasteiger partial charge in [0.25, 0.3) is 0 Å². The molecule has 4 rings (SSSR count). The Hall–Kier alpha value is -1.04. The van der Waals surface area contributed by atoms with Crippen LogP contribution in [0.4, 0.5) is 8.78 Å². The van der Waals surface area contributed by atoms with Crippen LogP contribution in [-0.2, 0) is 0 Å². The highest BCUT2D eigenvalue weighted by atomic mass is 19.3. The minimum Gasteiger partial charge on any atom is -0.388 e. The van der Waals surface area contributed by atoms with Gasteiger partial charge in [0, 0.05) is 25.6 Å². The normalized spacial score (nSPS) is 39.6. The Labute approximate surface area is 185 Å². The molecule has 0 bridgehead atoms. The molecule has 0 amide bonds. The summed E-state index contributed by atoms with van der Waals surface area (Å²) in [7, 11) is 0. The second-order valence-electron chi connectivity index (χ2n) is 11.0. The van der Waals surface area contributed by atoms with E-state index in [0.29, 0.717) is 49.3 Å². The van der Waals surface area contributed by atoms with Crippen molar-refractivity contribution in [2.75, 3.05) is 19.6 Å². The van der Waals surface area contributed by atoms with Crippen molar-refractivity contribution in [3.05, 3.63) is 35.5 Å². The van der Waals surface area contributed by atoms with Gasteiger partial charge in [-0.1, -0.05) is 43.7 Å². The zero-order chi connectivity index (χ0) is 22.3. The van der Waals surface area contributed by atoms with Gasteiger partial charge in [0.2, 0.25) is 6.43 Å². The number of fused-ring (bicyclic) bond motifs is 1. The molecule has 0 spiro atoms. The third-order valence-electron chi connectivity index (χ3n) is 8.91. The summed E-state index contributed by atoms with van der Waals surface area (Å²) in [5, 5.41) is 20.2. The maximum absolute atomic E-state index is 12.8. The van der Waals surface area contributed by atoms with Crippen molar-refractivity contribution < 1.29 is 19.0 Å². The van der Waals surface area contributed by atoms with Gasteiger partial charge in [0.15, 0.2) is 0 Å². The van der Waals surface area contributed by atoms with Gasteiger partial charge >= 0.3 is 0 Å². The number of nitrogens with zero attached hydrogens (tertiary/aromatic N) is 1. The number of hydrogen-bond donors (Lipinski definition) is 2. The van der Waals surface area contributed by atoms with Crippen LogP contribution in [0.5, 0.6) is 0 Å². The Morgan fingerprint density at radius 2 is 1.84 bits per heavy atom. The molecular weight excluding hydrogens is 396 g/mol. The van der Waals surface area contributed by atoms with Gasteiger partial charge in [-0.15, -0.1) is 0 Å². The fourth-order valence-corrected chi connectivity index (χ4v) is 7.09. The van der Waals surface area contributed by atoms with Gasteiger partial charge in [0.05, 0.1) is 12.2 Å². The molecular formula is C26H39F2NO2. The summed E-state index contributed by atoms with van der Waals surface area (Å²) < 4.78 is 25.6. The molecule has 174 valence electrons. The van der Waals surface area contributed by atoms with Gasteiger partial charge in [0.1, 0.15) is 0 Å². The molecule has 2 N–H and O–H groups in total. The minimum atomic E-state index is -2.18.